The topological polar surface area (TPSA) is 98.2 Å². The lowest BCUT2D eigenvalue weighted by Crippen LogP contribution is -2.34. The lowest BCUT2D eigenvalue weighted by molar-refractivity contribution is -0.120. The Bertz CT molecular complexity index is 1100. The van der Waals surface area contributed by atoms with Crippen molar-refractivity contribution in [1.29, 1.82) is 0 Å². The van der Waals surface area contributed by atoms with Gasteiger partial charge in [0.1, 0.15) is 12.4 Å². The highest BCUT2D eigenvalue weighted by Gasteiger charge is 2.08. The fraction of sp³-hybridized carbons (Fsp3) is 0.160. The molecule has 0 unspecified atom stereocenters. The molecule has 0 saturated heterocycles. The summed E-state index contributed by atoms with van der Waals surface area (Å²) >= 11 is 0. The Balaban J connectivity index is 1.48. The number of carbonyl (C=O) groups excluding carboxylic acids is 2. The Morgan fingerprint density at radius 2 is 1.67 bits per heavy atom. The van der Waals surface area contributed by atoms with Crippen LogP contribution in [-0.2, 0) is 11.4 Å². The van der Waals surface area contributed by atoms with E-state index in [1.807, 2.05) is 30.3 Å². The van der Waals surface area contributed by atoms with Gasteiger partial charge in [0.2, 0.25) is 0 Å². The largest absolute Gasteiger partial charge is 0.497 e. The van der Waals surface area contributed by atoms with Gasteiger partial charge >= 0.3 is 0 Å². The second-order valence-electron chi connectivity index (χ2n) is 6.89. The van der Waals surface area contributed by atoms with Crippen LogP contribution in [-0.4, -0.2) is 38.8 Å². The third-order valence-electron chi connectivity index (χ3n) is 4.59. The van der Waals surface area contributed by atoms with Crippen molar-refractivity contribution in [3.05, 3.63) is 89.5 Å². The molecule has 3 aromatic carbocycles. The molecule has 0 aliphatic heterocycles. The van der Waals surface area contributed by atoms with E-state index in [9.17, 15) is 9.59 Å². The van der Waals surface area contributed by atoms with Gasteiger partial charge in [-0.3, -0.25) is 9.59 Å². The first-order chi connectivity index (χ1) is 16.1. The standard InChI is InChI=1S/C25H25N3O5/c1-31-21-11-9-20(10-12-21)25(30)26-16-24(29)28-27-15-19-8-13-22(23(14-19)32-2)33-17-18-6-4-3-5-7-18/h3-15H,16-17H2,1-2H3,(H,26,30)(H,28,29)/b27-15-. The number of hydrogen-bond acceptors (Lipinski definition) is 6. The van der Waals surface area contributed by atoms with E-state index in [0.29, 0.717) is 35.0 Å². The van der Waals surface area contributed by atoms with E-state index in [4.69, 9.17) is 14.2 Å². The minimum Gasteiger partial charge on any atom is -0.497 e. The number of ether oxygens (including phenoxy) is 3. The zero-order valence-electron chi connectivity index (χ0n) is 18.4. The van der Waals surface area contributed by atoms with Gasteiger partial charge in [-0.25, -0.2) is 5.43 Å². The van der Waals surface area contributed by atoms with Crippen LogP contribution in [0, 0.1) is 0 Å². The fourth-order valence-corrected chi connectivity index (χ4v) is 2.84. The van der Waals surface area contributed by atoms with Gasteiger partial charge in [-0.05, 0) is 53.6 Å². The highest BCUT2D eigenvalue weighted by atomic mass is 16.5. The average molecular weight is 447 g/mol. The Morgan fingerprint density at radius 1 is 0.909 bits per heavy atom. The molecule has 0 saturated carbocycles. The van der Waals surface area contributed by atoms with E-state index in [0.717, 1.165) is 5.56 Å². The molecule has 0 fully saturated rings. The number of carbonyl (C=O) groups is 2. The van der Waals surface area contributed by atoms with E-state index in [-0.39, 0.29) is 12.5 Å². The van der Waals surface area contributed by atoms with Crippen molar-refractivity contribution >= 4 is 18.0 Å². The summed E-state index contributed by atoms with van der Waals surface area (Å²) in [6.45, 7) is 0.209. The molecule has 170 valence electrons. The molecule has 2 amide bonds. The van der Waals surface area contributed by atoms with Crippen LogP contribution in [0.3, 0.4) is 0 Å². The van der Waals surface area contributed by atoms with Gasteiger partial charge in [0.05, 0.1) is 27.0 Å². The molecule has 2 N–H and O–H groups in total. The van der Waals surface area contributed by atoms with Crippen LogP contribution >= 0.6 is 0 Å². The molecule has 0 heterocycles. The molecule has 33 heavy (non-hydrogen) atoms. The van der Waals surface area contributed by atoms with Crippen LogP contribution in [0.5, 0.6) is 17.2 Å². The molecule has 0 atom stereocenters. The summed E-state index contributed by atoms with van der Waals surface area (Å²) in [5.41, 5.74) is 4.56. The van der Waals surface area contributed by atoms with Crippen LogP contribution in [0.4, 0.5) is 0 Å². The summed E-state index contributed by atoms with van der Waals surface area (Å²) < 4.78 is 16.3. The number of nitrogens with one attached hydrogen (secondary N) is 2. The van der Waals surface area contributed by atoms with Crippen molar-refractivity contribution < 1.29 is 23.8 Å². The van der Waals surface area contributed by atoms with Gasteiger partial charge in [-0.15, -0.1) is 0 Å². The highest BCUT2D eigenvalue weighted by molar-refractivity contribution is 5.96. The zero-order valence-corrected chi connectivity index (χ0v) is 18.4. The van der Waals surface area contributed by atoms with E-state index in [2.05, 4.69) is 15.8 Å². The fourth-order valence-electron chi connectivity index (χ4n) is 2.84. The van der Waals surface area contributed by atoms with Crippen LogP contribution in [0.2, 0.25) is 0 Å². The van der Waals surface area contributed by atoms with Crippen LogP contribution in [0.25, 0.3) is 0 Å². The Hall–Kier alpha value is -4.33. The lowest BCUT2D eigenvalue weighted by Gasteiger charge is -2.11. The number of nitrogens with zero attached hydrogens (tertiary/aromatic N) is 1. The van der Waals surface area contributed by atoms with Crippen LogP contribution in [0.15, 0.2) is 77.9 Å². The lowest BCUT2D eigenvalue weighted by atomic mass is 10.2. The molecular weight excluding hydrogens is 422 g/mol. The van der Waals surface area contributed by atoms with Gasteiger partial charge in [-0.1, -0.05) is 30.3 Å². The van der Waals surface area contributed by atoms with Gasteiger partial charge in [0, 0.05) is 5.56 Å². The molecule has 0 radical (unpaired) electrons. The zero-order chi connectivity index (χ0) is 23.5. The van der Waals surface area contributed by atoms with Crippen LogP contribution in [0.1, 0.15) is 21.5 Å². The monoisotopic (exact) mass is 447 g/mol. The SMILES string of the molecule is COc1ccc(C(=O)NCC(=O)N/N=C\c2ccc(OCc3ccccc3)c(OC)c2)cc1. The molecule has 0 spiro atoms. The third-order valence-corrected chi connectivity index (χ3v) is 4.59. The maximum atomic E-state index is 12.1. The normalized spacial score (nSPS) is 10.5. The number of benzene rings is 3. The summed E-state index contributed by atoms with van der Waals surface area (Å²) in [7, 11) is 3.10. The number of amides is 2. The van der Waals surface area contributed by atoms with Crippen molar-refractivity contribution in [2.45, 2.75) is 6.61 Å². The van der Waals surface area contributed by atoms with Gasteiger partial charge in [-0.2, -0.15) is 5.10 Å². The molecule has 0 aliphatic rings. The molecule has 3 rings (SSSR count). The van der Waals surface area contributed by atoms with E-state index >= 15 is 0 Å². The summed E-state index contributed by atoms with van der Waals surface area (Å²) in [6.07, 6.45) is 1.48. The second kappa shape index (κ2) is 11.9. The maximum absolute atomic E-state index is 12.1. The van der Waals surface area contributed by atoms with Gasteiger partial charge < -0.3 is 19.5 Å². The summed E-state index contributed by atoms with van der Waals surface area (Å²) in [5.74, 6) is 0.971. The number of methoxy groups -OCH3 is 2. The second-order valence-corrected chi connectivity index (χ2v) is 6.89. The van der Waals surface area contributed by atoms with Crippen molar-refractivity contribution in [2.75, 3.05) is 20.8 Å². The highest BCUT2D eigenvalue weighted by Crippen LogP contribution is 2.28. The minimum absolute atomic E-state index is 0.211. The van der Waals surface area contributed by atoms with E-state index in [1.165, 1.54) is 6.21 Å². The molecule has 8 heteroatoms. The number of rotatable bonds is 10. The first kappa shape index (κ1) is 23.3. The van der Waals surface area contributed by atoms with Crippen molar-refractivity contribution in [3.8, 4) is 17.2 Å². The van der Waals surface area contributed by atoms with Crippen molar-refractivity contribution in [1.82, 2.24) is 10.7 Å². The molecule has 0 aliphatic carbocycles. The van der Waals surface area contributed by atoms with E-state index in [1.54, 1.807) is 56.7 Å². The molecule has 8 nitrogen and oxygen atoms in total. The van der Waals surface area contributed by atoms with Gasteiger partial charge in [0.15, 0.2) is 11.5 Å². The molecular formula is C25H25N3O5. The average Bonchev–Trinajstić information content (AvgIpc) is 2.87. The van der Waals surface area contributed by atoms with Crippen molar-refractivity contribution in [3.63, 3.8) is 0 Å². The first-order valence-electron chi connectivity index (χ1n) is 10.2. The Morgan fingerprint density at radius 3 is 2.36 bits per heavy atom. The molecule has 3 aromatic rings. The van der Waals surface area contributed by atoms with E-state index < -0.39 is 5.91 Å². The quantitative estimate of drug-likeness (QED) is 0.368. The number of hydrogen-bond donors (Lipinski definition) is 2. The molecule has 0 aromatic heterocycles. The van der Waals surface area contributed by atoms with Crippen LogP contribution < -0.4 is 25.0 Å². The van der Waals surface area contributed by atoms with Gasteiger partial charge in [0.25, 0.3) is 11.8 Å². The van der Waals surface area contributed by atoms with Crippen molar-refractivity contribution in [2.24, 2.45) is 5.10 Å². The predicted octanol–water partition coefficient (Wildman–Crippen LogP) is 3.16. The summed E-state index contributed by atoms with van der Waals surface area (Å²) in [6, 6.07) is 21.7. The third kappa shape index (κ3) is 7.10. The predicted molar refractivity (Wildman–Crippen MR) is 125 cm³/mol. The summed E-state index contributed by atoms with van der Waals surface area (Å²) in [4.78, 5) is 24.1. The Kier molecular flexibility index (Phi) is 8.41. The number of hydrazone groups is 1. The Labute approximate surface area is 192 Å². The molecule has 0 bridgehead atoms. The smallest absolute Gasteiger partial charge is 0.259 e. The maximum Gasteiger partial charge on any atom is 0.259 e. The minimum atomic E-state index is -0.456. The first-order valence-corrected chi connectivity index (χ1v) is 10.2. The summed E-state index contributed by atoms with van der Waals surface area (Å²) in [5, 5.41) is 6.46.